The zero-order chi connectivity index (χ0) is 9.68. The Balaban J connectivity index is 2.69. The van der Waals surface area contributed by atoms with E-state index in [1.54, 1.807) is 0 Å². The molecule has 3 nitrogen and oxygen atoms in total. The van der Waals surface area contributed by atoms with Gasteiger partial charge in [-0.25, -0.2) is 0 Å². The highest BCUT2D eigenvalue weighted by atomic mass is 32.1. The third-order valence-electron chi connectivity index (χ3n) is 2.03. The van der Waals surface area contributed by atoms with E-state index < -0.39 is 0 Å². The average Bonchev–Trinajstić information content (AvgIpc) is 2.51. The second-order valence-corrected chi connectivity index (χ2v) is 3.91. The lowest BCUT2D eigenvalue weighted by Crippen LogP contribution is -2.20. The Morgan fingerprint density at radius 3 is 2.69 bits per heavy atom. The summed E-state index contributed by atoms with van der Waals surface area (Å²) in [6.07, 6.45) is 2.35. The fraction of sp³-hybridized carbons (Fsp3) is 0.778. The van der Waals surface area contributed by atoms with Crippen molar-refractivity contribution in [3.05, 3.63) is 10.6 Å². The molecule has 1 unspecified atom stereocenters. The van der Waals surface area contributed by atoms with E-state index in [9.17, 15) is 0 Å². The van der Waals surface area contributed by atoms with Gasteiger partial charge in [-0.15, -0.1) is 5.10 Å². The van der Waals surface area contributed by atoms with Gasteiger partial charge in [-0.1, -0.05) is 24.8 Å². The van der Waals surface area contributed by atoms with Crippen molar-refractivity contribution in [2.45, 2.75) is 39.7 Å². The molecule has 1 aromatic rings. The van der Waals surface area contributed by atoms with Crippen molar-refractivity contribution in [2.75, 3.05) is 6.54 Å². The molecular weight excluding hydrogens is 182 g/mol. The summed E-state index contributed by atoms with van der Waals surface area (Å²) in [7, 11) is 0. The van der Waals surface area contributed by atoms with Crippen LogP contribution in [0, 0.1) is 6.92 Å². The van der Waals surface area contributed by atoms with Crippen molar-refractivity contribution in [1.29, 1.82) is 0 Å². The highest BCUT2D eigenvalue weighted by molar-refractivity contribution is 7.05. The Labute approximate surface area is 83.7 Å². The topological polar surface area (TPSA) is 37.8 Å². The standard InChI is InChI=1S/C9H17N3S/c1-4-6-8(10-5-2)9-7(3)11-12-13-9/h8,10H,4-6H2,1-3H3. The largest absolute Gasteiger partial charge is 0.309 e. The molecule has 74 valence electrons. The summed E-state index contributed by atoms with van der Waals surface area (Å²) in [5.74, 6) is 0. The van der Waals surface area contributed by atoms with Crippen LogP contribution in [0.3, 0.4) is 0 Å². The Morgan fingerprint density at radius 2 is 2.23 bits per heavy atom. The number of aromatic nitrogens is 2. The Morgan fingerprint density at radius 1 is 1.46 bits per heavy atom. The summed E-state index contributed by atoms with van der Waals surface area (Å²) in [5, 5.41) is 7.49. The van der Waals surface area contributed by atoms with Gasteiger partial charge < -0.3 is 5.32 Å². The number of nitrogens with one attached hydrogen (secondary N) is 1. The number of aryl methyl sites for hydroxylation is 1. The first-order valence-electron chi connectivity index (χ1n) is 4.81. The highest BCUT2D eigenvalue weighted by Gasteiger charge is 2.14. The molecule has 0 aromatic carbocycles. The van der Waals surface area contributed by atoms with E-state index in [0.29, 0.717) is 6.04 Å². The van der Waals surface area contributed by atoms with Gasteiger partial charge in [-0.3, -0.25) is 0 Å². The first-order valence-corrected chi connectivity index (χ1v) is 5.59. The van der Waals surface area contributed by atoms with Gasteiger partial charge in [0.05, 0.1) is 10.6 Å². The summed E-state index contributed by atoms with van der Waals surface area (Å²) in [5.41, 5.74) is 1.07. The van der Waals surface area contributed by atoms with E-state index in [0.717, 1.165) is 12.2 Å². The van der Waals surface area contributed by atoms with Gasteiger partial charge in [0.1, 0.15) is 0 Å². The molecule has 0 aliphatic rings. The highest BCUT2D eigenvalue weighted by Crippen LogP contribution is 2.23. The third kappa shape index (κ3) is 2.74. The lowest BCUT2D eigenvalue weighted by Gasteiger charge is -2.14. The molecule has 0 fully saturated rings. The second-order valence-electron chi connectivity index (χ2n) is 3.12. The maximum absolute atomic E-state index is 4.03. The van der Waals surface area contributed by atoms with Crippen LogP contribution in [0.2, 0.25) is 0 Å². The van der Waals surface area contributed by atoms with Gasteiger partial charge in [-0.05, 0) is 31.4 Å². The number of nitrogens with zero attached hydrogens (tertiary/aromatic N) is 2. The van der Waals surface area contributed by atoms with Gasteiger partial charge in [-0.2, -0.15) is 0 Å². The molecule has 0 amide bonds. The summed E-state index contributed by atoms with van der Waals surface area (Å²) < 4.78 is 3.96. The minimum atomic E-state index is 0.454. The quantitative estimate of drug-likeness (QED) is 0.790. The van der Waals surface area contributed by atoms with Crippen molar-refractivity contribution < 1.29 is 0 Å². The van der Waals surface area contributed by atoms with Crippen molar-refractivity contribution >= 4 is 11.5 Å². The lowest BCUT2D eigenvalue weighted by atomic mass is 10.1. The molecule has 1 heterocycles. The van der Waals surface area contributed by atoms with Gasteiger partial charge in [0.15, 0.2) is 0 Å². The molecule has 0 spiro atoms. The zero-order valence-electron chi connectivity index (χ0n) is 8.50. The molecule has 1 atom stereocenters. The predicted molar refractivity (Wildman–Crippen MR) is 56.0 cm³/mol. The second kappa shape index (κ2) is 5.29. The first kappa shape index (κ1) is 10.6. The van der Waals surface area contributed by atoms with Crippen molar-refractivity contribution in [3.63, 3.8) is 0 Å². The molecule has 0 aliphatic carbocycles. The van der Waals surface area contributed by atoms with Crippen LogP contribution in [0.4, 0.5) is 0 Å². The Kier molecular flexibility index (Phi) is 4.32. The van der Waals surface area contributed by atoms with Gasteiger partial charge in [0.2, 0.25) is 0 Å². The number of hydrogen-bond donors (Lipinski definition) is 1. The van der Waals surface area contributed by atoms with Crippen molar-refractivity contribution in [1.82, 2.24) is 14.9 Å². The van der Waals surface area contributed by atoms with Crippen LogP contribution in [-0.4, -0.2) is 16.1 Å². The van der Waals surface area contributed by atoms with Crippen LogP contribution in [0.15, 0.2) is 0 Å². The fourth-order valence-electron chi connectivity index (χ4n) is 1.42. The monoisotopic (exact) mass is 199 g/mol. The molecule has 4 heteroatoms. The van der Waals surface area contributed by atoms with Crippen LogP contribution < -0.4 is 5.32 Å². The minimum absolute atomic E-state index is 0.454. The first-order chi connectivity index (χ1) is 6.29. The molecular formula is C9H17N3S. The number of hydrogen-bond acceptors (Lipinski definition) is 4. The van der Waals surface area contributed by atoms with Gasteiger partial charge in [0.25, 0.3) is 0 Å². The molecule has 0 aliphatic heterocycles. The number of rotatable bonds is 5. The normalized spacial score (nSPS) is 13.2. The summed E-state index contributed by atoms with van der Waals surface area (Å²) in [6, 6.07) is 0.454. The summed E-state index contributed by atoms with van der Waals surface area (Å²) >= 11 is 1.51. The molecule has 0 radical (unpaired) electrons. The lowest BCUT2D eigenvalue weighted by molar-refractivity contribution is 0.514. The van der Waals surface area contributed by atoms with Crippen LogP contribution in [-0.2, 0) is 0 Å². The SMILES string of the molecule is CCCC(NCC)c1snnc1C. The van der Waals surface area contributed by atoms with Crippen LogP contribution in [0.25, 0.3) is 0 Å². The van der Waals surface area contributed by atoms with Gasteiger partial charge in [0, 0.05) is 6.04 Å². The molecule has 0 bridgehead atoms. The summed E-state index contributed by atoms with van der Waals surface area (Å²) in [6.45, 7) is 7.36. The maximum atomic E-state index is 4.03. The van der Waals surface area contributed by atoms with Crippen molar-refractivity contribution in [3.8, 4) is 0 Å². The van der Waals surface area contributed by atoms with Crippen LogP contribution >= 0.6 is 11.5 Å². The van der Waals surface area contributed by atoms with E-state index >= 15 is 0 Å². The predicted octanol–water partition coefficient (Wildman–Crippen LogP) is 2.30. The van der Waals surface area contributed by atoms with Crippen LogP contribution in [0.5, 0.6) is 0 Å². The maximum Gasteiger partial charge on any atom is 0.0772 e. The van der Waals surface area contributed by atoms with Crippen LogP contribution in [0.1, 0.15) is 43.3 Å². The Hall–Kier alpha value is -0.480. The molecule has 0 saturated carbocycles. The third-order valence-corrected chi connectivity index (χ3v) is 2.97. The minimum Gasteiger partial charge on any atom is -0.309 e. The fourth-order valence-corrected chi connectivity index (χ4v) is 2.17. The van der Waals surface area contributed by atoms with E-state index in [1.807, 2.05) is 6.92 Å². The smallest absolute Gasteiger partial charge is 0.0772 e. The van der Waals surface area contributed by atoms with E-state index in [4.69, 9.17) is 0 Å². The Bertz CT molecular complexity index is 241. The van der Waals surface area contributed by atoms with Crippen molar-refractivity contribution in [2.24, 2.45) is 0 Å². The van der Waals surface area contributed by atoms with E-state index in [-0.39, 0.29) is 0 Å². The zero-order valence-corrected chi connectivity index (χ0v) is 9.32. The molecule has 1 aromatic heterocycles. The molecule has 1 N–H and O–H groups in total. The van der Waals surface area contributed by atoms with E-state index in [2.05, 4.69) is 28.8 Å². The molecule has 1 rings (SSSR count). The molecule has 13 heavy (non-hydrogen) atoms. The summed E-state index contributed by atoms with van der Waals surface area (Å²) in [4.78, 5) is 1.30. The molecule has 0 saturated heterocycles. The van der Waals surface area contributed by atoms with Gasteiger partial charge >= 0.3 is 0 Å². The van der Waals surface area contributed by atoms with E-state index in [1.165, 1.54) is 29.3 Å². The average molecular weight is 199 g/mol.